The number of pyridine rings is 1. The Morgan fingerprint density at radius 2 is 1.93 bits per heavy atom. The summed E-state index contributed by atoms with van der Waals surface area (Å²) >= 11 is 0. The quantitative estimate of drug-likeness (QED) is 0.552. The van der Waals surface area contributed by atoms with Gasteiger partial charge in [0.1, 0.15) is 11.8 Å². The third kappa shape index (κ3) is 1.44. The lowest BCUT2D eigenvalue weighted by Crippen LogP contribution is -2.03. The second-order valence-corrected chi connectivity index (χ2v) is 2.52. The molecule has 0 aliphatic rings. The number of rotatable bonds is 2. The van der Waals surface area contributed by atoms with Crippen molar-refractivity contribution in [1.29, 1.82) is 0 Å². The summed E-state index contributed by atoms with van der Waals surface area (Å²) in [4.78, 5) is 22.7. The van der Waals surface area contributed by atoms with E-state index in [0.29, 0.717) is 0 Å². The molecular weight excluding hydrogens is 192 g/mol. The van der Waals surface area contributed by atoms with Crippen LogP contribution in [0.1, 0.15) is 5.56 Å². The SMILES string of the molecule is Cc1c([N+](=O)[O-])cnc(N)c1[N+](=O)[O-]. The molecule has 0 saturated heterocycles. The van der Waals surface area contributed by atoms with Crippen LogP contribution < -0.4 is 5.73 Å². The number of nitrogens with two attached hydrogens (primary N) is 1. The summed E-state index contributed by atoms with van der Waals surface area (Å²) in [6, 6.07) is 0. The van der Waals surface area contributed by atoms with Crippen LogP contribution in [0.3, 0.4) is 0 Å². The van der Waals surface area contributed by atoms with E-state index in [9.17, 15) is 20.2 Å². The van der Waals surface area contributed by atoms with Gasteiger partial charge in [-0.1, -0.05) is 0 Å². The monoisotopic (exact) mass is 198 g/mol. The largest absolute Gasteiger partial charge is 0.378 e. The highest BCUT2D eigenvalue weighted by atomic mass is 16.6. The van der Waals surface area contributed by atoms with E-state index in [-0.39, 0.29) is 11.4 Å². The lowest BCUT2D eigenvalue weighted by Gasteiger charge is -2.00. The summed E-state index contributed by atoms with van der Waals surface area (Å²) in [5.74, 6) is -0.321. The van der Waals surface area contributed by atoms with Gasteiger partial charge in [-0.25, -0.2) is 4.98 Å². The molecule has 1 rings (SSSR count). The van der Waals surface area contributed by atoms with Gasteiger partial charge in [-0.15, -0.1) is 0 Å². The molecule has 0 spiro atoms. The summed E-state index contributed by atoms with van der Waals surface area (Å²) < 4.78 is 0. The van der Waals surface area contributed by atoms with E-state index in [1.165, 1.54) is 6.92 Å². The number of nitrogen functional groups attached to an aromatic ring is 1. The number of nitro groups is 2. The Kier molecular flexibility index (Phi) is 2.28. The average molecular weight is 198 g/mol. The fourth-order valence-electron chi connectivity index (χ4n) is 1.02. The maximum absolute atomic E-state index is 10.5. The lowest BCUT2D eigenvalue weighted by atomic mass is 10.2. The average Bonchev–Trinajstić information content (AvgIpc) is 2.02. The van der Waals surface area contributed by atoms with Crippen LogP contribution in [-0.4, -0.2) is 14.8 Å². The normalized spacial score (nSPS) is 9.79. The Bertz CT molecular complexity index is 417. The van der Waals surface area contributed by atoms with Gasteiger partial charge in [-0.05, 0) is 6.92 Å². The summed E-state index contributed by atoms with van der Waals surface area (Å²) in [7, 11) is 0. The van der Waals surface area contributed by atoms with Crippen molar-refractivity contribution in [2.75, 3.05) is 5.73 Å². The predicted octanol–water partition coefficient (Wildman–Crippen LogP) is 0.789. The van der Waals surface area contributed by atoms with Crippen molar-refractivity contribution >= 4 is 17.2 Å². The molecule has 8 nitrogen and oxygen atoms in total. The molecule has 0 amide bonds. The molecule has 0 aliphatic heterocycles. The van der Waals surface area contributed by atoms with Crippen LogP contribution in [0.4, 0.5) is 17.2 Å². The summed E-state index contributed by atoms with van der Waals surface area (Å²) in [5, 5.41) is 20.9. The highest BCUT2D eigenvalue weighted by Gasteiger charge is 2.25. The molecule has 1 aromatic heterocycles. The fraction of sp³-hybridized carbons (Fsp3) is 0.167. The Hall–Kier alpha value is -2.25. The van der Waals surface area contributed by atoms with Crippen molar-refractivity contribution in [1.82, 2.24) is 4.98 Å². The number of hydrogen-bond donors (Lipinski definition) is 1. The van der Waals surface area contributed by atoms with Crippen molar-refractivity contribution in [2.45, 2.75) is 6.92 Å². The van der Waals surface area contributed by atoms with E-state index in [1.807, 2.05) is 0 Å². The maximum atomic E-state index is 10.5. The third-order valence-corrected chi connectivity index (χ3v) is 1.69. The second kappa shape index (κ2) is 3.24. The van der Waals surface area contributed by atoms with E-state index in [4.69, 9.17) is 5.73 Å². The van der Waals surface area contributed by atoms with Gasteiger partial charge >= 0.3 is 5.69 Å². The van der Waals surface area contributed by atoms with Crippen LogP contribution in [0.2, 0.25) is 0 Å². The first kappa shape index (κ1) is 9.84. The topological polar surface area (TPSA) is 125 Å². The molecule has 8 heteroatoms. The van der Waals surface area contributed by atoms with Crippen LogP contribution in [0.15, 0.2) is 6.20 Å². The standard InChI is InChI=1S/C6H6N4O4/c1-3-4(9(11)12)2-8-6(7)5(3)10(13)14/h2H,1H3,(H2,7,8). The zero-order valence-corrected chi connectivity index (χ0v) is 7.13. The summed E-state index contributed by atoms with van der Waals surface area (Å²) in [6.45, 7) is 1.26. The molecule has 0 fully saturated rings. The van der Waals surface area contributed by atoms with E-state index < -0.39 is 21.2 Å². The van der Waals surface area contributed by atoms with Gasteiger partial charge in [0.05, 0.1) is 9.85 Å². The van der Waals surface area contributed by atoms with Gasteiger partial charge < -0.3 is 5.73 Å². The molecule has 0 aromatic carbocycles. The number of hydrogen-bond acceptors (Lipinski definition) is 6. The molecule has 0 unspecified atom stereocenters. The van der Waals surface area contributed by atoms with Crippen molar-refractivity contribution in [3.63, 3.8) is 0 Å². The summed E-state index contributed by atoms with van der Waals surface area (Å²) in [5.41, 5.74) is 4.20. The second-order valence-electron chi connectivity index (χ2n) is 2.52. The minimum atomic E-state index is -0.787. The number of aromatic nitrogens is 1. The molecule has 2 N–H and O–H groups in total. The van der Waals surface area contributed by atoms with Gasteiger partial charge in [-0.2, -0.15) is 0 Å². The van der Waals surface area contributed by atoms with Crippen LogP contribution in [-0.2, 0) is 0 Å². The van der Waals surface area contributed by atoms with Gasteiger partial charge in [0.15, 0.2) is 0 Å². The molecule has 74 valence electrons. The van der Waals surface area contributed by atoms with Crippen LogP contribution in [0.5, 0.6) is 0 Å². The smallest absolute Gasteiger partial charge is 0.320 e. The lowest BCUT2D eigenvalue weighted by molar-refractivity contribution is -0.395. The molecule has 0 radical (unpaired) electrons. The first-order valence-corrected chi connectivity index (χ1v) is 3.49. The van der Waals surface area contributed by atoms with Gasteiger partial charge in [0.25, 0.3) is 5.69 Å². The highest BCUT2D eigenvalue weighted by molar-refractivity contribution is 5.63. The Labute approximate surface area is 77.7 Å². The zero-order valence-electron chi connectivity index (χ0n) is 7.13. The molecule has 0 aliphatic carbocycles. The minimum absolute atomic E-state index is 0.0903. The van der Waals surface area contributed by atoms with Crippen LogP contribution >= 0.6 is 0 Å². The molecule has 1 heterocycles. The maximum Gasteiger partial charge on any atom is 0.320 e. The molecule has 0 saturated carbocycles. The fourth-order valence-corrected chi connectivity index (χ4v) is 1.02. The predicted molar refractivity (Wildman–Crippen MR) is 46.7 cm³/mol. The molecule has 0 atom stereocenters. The Morgan fingerprint density at radius 3 is 2.36 bits per heavy atom. The van der Waals surface area contributed by atoms with Crippen molar-refractivity contribution in [3.8, 4) is 0 Å². The first-order chi connectivity index (χ1) is 6.45. The molecular formula is C6H6N4O4. The van der Waals surface area contributed by atoms with Crippen molar-refractivity contribution in [2.24, 2.45) is 0 Å². The first-order valence-electron chi connectivity index (χ1n) is 3.49. The molecule has 0 bridgehead atoms. The minimum Gasteiger partial charge on any atom is -0.378 e. The summed E-state index contributed by atoms with van der Waals surface area (Å²) in [6.07, 6.45) is 0.900. The van der Waals surface area contributed by atoms with Crippen molar-refractivity contribution < 1.29 is 9.85 Å². The van der Waals surface area contributed by atoms with Crippen LogP contribution in [0.25, 0.3) is 0 Å². The van der Waals surface area contributed by atoms with Crippen LogP contribution in [0, 0.1) is 27.2 Å². The Morgan fingerprint density at radius 1 is 1.36 bits per heavy atom. The molecule has 1 aromatic rings. The van der Waals surface area contributed by atoms with E-state index in [1.54, 1.807) is 0 Å². The van der Waals surface area contributed by atoms with Gasteiger partial charge in [0, 0.05) is 0 Å². The number of anilines is 1. The van der Waals surface area contributed by atoms with E-state index >= 15 is 0 Å². The van der Waals surface area contributed by atoms with Crippen molar-refractivity contribution in [3.05, 3.63) is 32.0 Å². The van der Waals surface area contributed by atoms with Gasteiger partial charge in [0.2, 0.25) is 5.82 Å². The van der Waals surface area contributed by atoms with E-state index in [0.717, 1.165) is 6.20 Å². The zero-order chi connectivity index (χ0) is 10.9. The highest BCUT2D eigenvalue weighted by Crippen LogP contribution is 2.30. The third-order valence-electron chi connectivity index (χ3n) is 1.69. The van der Waals surface area contributed by atoms with Gasteiger partial charge in [-0.3, -0.25) is 20.2 Å². The molecule has 14 heavy (non-hydrogen) atoms. The Balaban J connectivity index is 3.49. The van der Waals surface area contributed by atoms with E-state index in [2.05, 4.69) is 4.98 Å². The number of nitrogens with zero attached hydrogens (tertiary/aromatic N) is 3.